The molecule has 0 radical (unpaired) electrons. The summed E-state index contributed by atoms with van der Waals surface area (Å²) in [6, 6.07) is 7.27. The van der Waals surface area contributed by atoms with Crippen LogP contribution in [0.1, 0.15) is 29.3 Å². The molecular formula is C15H17ClN4O2. The van der Waals surface area contributed by atoms with Gasteiger partial charge in [-0.05, 0) is 31.9 Å². The molecule has 1 fully saturated rings. The Morgan fingerprint density at radius 2 is 2.18 bits per heavy atom. The normalized spacial score (nSPS) is 18.5. The van der Waals surface area contributed by atoms with Crippen molar-refractivity contribution >= 4 is 17.5 Å². The first kappa shape index (κ1) is 15.0. The molecule has 0 spiro atoms. The molecule has 1 atom stereocenters. The molecule has 1 aliphatic rings. The number of benzene rings is 1. The van der Waals surface area contributed by atoms with Crippen molar-refractivity contribution in [1.29, 1.82) is 0 Å². The Kier molecular flexibility index (Phi) is 4.13. The minimum atomic E-state index is -0.468. The first-order chi connectivity index (χ1) is 10.6. The highest BCUT2D eigenvalue weighted by Gasteiger charge is 2.26. The summed E-state index contributed by atoms with van der Waals surface area (Å²) in [5.41, 5.74) is 0.687. The van der Waals surface area contributed by atoms with E-state index < -0.39 is 6.10 Å². The monoisotopic (exact) mass is 320 g/mol. The molecule has 2 heterocycles. The SMILES string of the molecule is Cc1nc(C(=O)N2CCCC(O)C2)nn1-c1ccccc1Cl. The molecule has 1 aromatic heterocycles. The number of β-amino-alcohol motifs (C(OH)–C–C–N with tert-alkyl or cyclic N) is 1. The molecular weight excluding hydrogens is 304 g/mol. The largest absolute Gasteiger partial charge is 0.391 e. The van der Waals surface area contributed by atoms with Crippen LogP contribution >= 0.6 is 11.6 Å². The third kappa shape index (κ3) is 2.84. The Balaban J connectivity index is 1.89. The fourth-order valence-corrected chi connectivity index (χ4v) is 2.83. The van der Waals surface area contributed by atoms with Crippen LogP contribution < -0.4 is 0 Å². The van der Waals surface area contributed by atoms with Crippen molar-refractivity contribution in [3.63, 3.8) is 0 Å². The molecule has 1 N–H and O–H groups in total. The second kappa shape index (κ2) is 6.06. The average molecular weight is 321 g/mol. The molecule has 1 aromatic carbocycles. The standard InChI is InChI=1S/C15H17ClN4O2/c1-10-17-14(15(22)19-8-4-5-11(21)9-19)18-20(10)13-7-3-2-6-12(13)16/h2-3,6-7,11,21H,4-5,8-9H2,1H3. The fourth-order valence-electron chi connectivity index (χ4n) is 2.61. The quantitative estimate of drug-likeness (QED) is 0.916. The molecule has 1 amide bonds. The van der Waals surface area contributed by atoms with E-state index in [1.807, 2.05) is 18.2 Å². The van der Waals surface area contributed by atoms with Gasteiger partial charge in [-0.15, -0.1) is 5.10 Å². The highest BCUT2D eigenvalue weighted by molar-refractivity contribution is 6.32. The van der Waals surface area contributed by atoms with Gasteiger partial charge in [-0.2, -0.15) is 0 Å². The Morgan fingerprint density at radius 3 is 2.91 bits per heavy atom. The maximum Gasteiger partial charge on any atom is 0.293 e. The molecule has 0 bridgehead atoms. The molecule has 1 saturated heterocycles. The third-order valence-corrected chi connectivity index (χ3v) is 4.04. The summed E-state index contributed by atoms with van der Waals surface area (Å²) in [6.45, 7) is 2.73. The summed E-state index contributed by atoms with van der Waals surface area (Å²) >= 11 is 6.17. The summed E-state index contributed by atoms with van der Waals surface area (Å²) < 4.78 is 1.57. The van der Waals surface area contributed by atoms with Crippen LogP contribution in [0.4, 0.5) is 0 Å². The molecule has 0 saturated carbocycles. The zero-order valence-corrected chi connectivity index (χ0v) is 13.0. The van der Waals surface area contributed by atoms with E-state index in [1.165, 1.54) is 0 Å². The summed E-state index contributed by atoms with van der Waals surface area (Å²) in [6.07, 6.45) is 1.05. The molecule has 2 aromatic rings. The third-order valence-electron chi connectivity index (χ3n) is 3.72. The lowest BCUT2D eigenvalue weighted by molar-refractivity contribution is 0.0464. The summed E-state index contributed by atoms with van der Waals surface area (Å²) in [5, 5.41) is 14.5. The van der Waals surface area contributed by atoms with Gasteiger partial charge in [0, 0.05) is 13.1 Å². The molecule has 116 valence electrons. The van der Waals surface area contributed by atoms with E-state index in [0.29, 0.717) is 29.6 Å². The number of aliphatic hydroxyl groups is 1. The number of amides is 1. The number of carbonyl (C=O) groups is 1. The maximum absolute atomic E-state index is 12.5. The second-order valence-corrected chi connectivity index (χ2v) is 5.80. The number of para-hydroxylation sites is 1. The number of piperidine rings is 1. The van der Waals surface area contributed by atoms with Crippen LogP contribution in [0.5, 0.6) is 0 Å². The zero-order chi connectivity index (χ0) is 15.7. The molecule has 7 heteroatoms. The van der Waals surface area contributed by atoms with Crippen LogP contribution in [0, 0.1) is 6.92 Å². The topological polar surface area (TPSA) is 71.2 Å². The van der Waals surface area contributed by atoms with Gasteiger partial charge in [0.05, 0.1) is 16.8 Å². The number of hydrogen-bond acceptors (Lipinski definition) is 4. The summed E-state index contributed by atoms with van der Waals surface area (Å²) in [7, 11) is 0. The minimum absolute atomic E-state index is 0.131. The smallest absolute Gasteiger partial charge is 0.293 e. The molecule has 22 heavy (non-hydrogen) atoms. The van der Waals surface area contributed by atoms with Crippen LogP contribution in [0.2, 0.25) is 5.02 Å². The van der Waals surface area contributed by atoms with Gasteiger partial charge < -0.3 is 10.0 Å². The highest BCUT2D eigenvalue weighted by atomic mass is 35.5. The number of hydrogen-bond donors (Lipinski definition) is 1. The Hall–Kier alpha value is -1.92. The van der Waals surface area contributed by atoms with E-state index >= 15 is 0 Å². The molecule has 6 nitrogen and oxygen atoms in total. The summed E-state index contributed by atoms with van der Waals surface area (Å²) in [4.78, 5) is 18.3. The van der Waals surface area contributed by atoms with Gasteiger partial charge in [-0.3, -0.25) is 4.79 Å². The highest BCUT2D eigenvalue weighted by Crippen LogP contribution is 2.20. The predicted molar refractivity (Wildman–Crippen MR) is 82.3 cm³/mol. The van der Waals surface area contributed by atoms with Crippen molar-refractivity contribution < 1.29 is 9.90 Å². The van der Waals surface area contributed by atoms with Gasteiger partial charge in [-0.1, -0.05) is 23.7 Å². The van der Waals surface area contributed by atoms with Crippen molar-refractivity contribution in [2.75, 3.05) is 13.1 Å². The zero-order valence-electron chi connectivity index (χ0n) is 12.2. The average Bonchev–Trinajstić information content (AvgIpc) is 2.89. The number of aliphatic hydroxyl groups excluding tert-OH is 1. The van der Waals surface area contributed by atoms with E-state index in [1.54, 1.807) is 22.6 Å². The number of aromatic nitrogens is 3. The number of aryl methyl sites for hydroxylation is 1. The lowest BCUT2D eigenvalue weighted by Crippen LogP contribution is -2.42. The number of halogens is 1. The van der Waals surface area contributed by atoms with Crippen molar-refractivity contribution in [2.24, 2.45) is 0 Å². The van der Waals surface area contributed by atoms with Crippen molar-refractivity contribution in [3.05, 3.63) is 40.9 Å². The molecule has 3 rings (SSSR count). The van der Waals surface area contributed by atoms with E-state index in [2.05, 4.69) is 10.1 Å². The van der Waals surface area contributed by atoms with Gasteiger partial charge in [0.15, 0.2) is 0 Å². The molecule has 1 unspecified atom stereocenters. The van der Waals surface area contributed by atoms with Crippen LogP contribution in [-0.2, 0) is 0 Å². The Labute approximate surface area is 133 Å². The maximum atomic E-state index is 12.5. The van der Waals surface area contributed by atoms with Gasteiger partial charge in [0.1, 0.15) is 5.82 Å². The van der Waals surface area contributed by atoms with Crippen LogP contribution in [0.3, 0.4) is 0 Å². The predicted octanol–water partition coefficient (Wildman–Crippen LogP) is 1.83. The summed E-state index contributed by atoms with van der Waals surface area (Å²) in [5.74, 6) is 0.466. The van der Waals surface area contributed by atoms with Crippen LogP contribution in [0.25, 0.3) is 5.69 Å². The van der Waals surface area contributed by atoms with Crippen molar-refractivity contribution in [3.8, 4) is 5.69 Å². The van der Waals surface area contributed by atoms with Crippen LogP contribution in [-0.4, -0.2) is 49.9 Å². The van der Waals surface area contributed by atoms with Gasteiger partial charge in [0.2, 0.25) is 5.82 Å². The van der Waals surface area contributed by atoms with E-state index in [4.69, 9.17) is 11.6 Å². The van der Waals surface area contributed by atoms with E-state index in [0.717, 1.165) is 12.8 Å². The number of likely N-dealkylation sites (tertiary alicyclic amines) is 1. The van der Waals surface area contributed by atoms with E-state index in [9.17, 15) is 9.90 Å². The van der Waals surface area contributed by atoms with Crippen molar-refractivity contribution in [1.82, 2.24) is 19.7 Å². The van der Waals surface area contributed by atoms with E-state index in [-0.39, 0.29) is 11.7 Å². The molecule has 0 aliphatic carbocycles. The Bertz CT molecular complexity index is 701. The first-order valence-corrected chi connectivity index (χ1v) is 7.60. The van der Waals surface area contributed by atoms with Gasteiger partial charge in [-0.25, -0.2) is 9.67 Å². The van der Waals surface area contributed by atoms with Crippen LogP contribution in [0.15, 0.2) is 24.3 Å². The van der Waals surface area contributed by atoms with Gasteiger partial charge >= 0.3 is 0 Å². The minimum Gasteiger partial charge on any atom is -0.391 e. The number of rotatable bonds is 2. The first-order valence-electron chi connectivity index (χ1n) is 7.22. The molecule has 1 aliphatic heterocycles. The number of nitrogens with zero attached hydrogens (tertiary/aromatic N) is 4. The van der Waals surface area contributed by atoms with Crippen molar-refractivity contribution in [2.45, 2.75) is 25.9 Å². The Morgan fingerprint density at radius 1 is 1.41 bits per heavy atom. The van der Waals surface area contributed by atoms with Gasteiger partial charge in [0.25, 0.3) is 5.91 Å². The lowest BCUT2D eigenvalue weighted by Gasteiger charge is -2.29. The number of carbonyl (C=O) groups excluding carboxylic acids is 1. The second-order valence-electron chi connectivity index (χ2n) is 5.39. The lowest BCUT2D eigenvalue weighted by atomic mass is 10.1. The fraction of sp³-hybridized carbons (Fsp3) is 0.400.